The first kappa shape index (κ1) is 17.8. The standard InChI is InChI=1S/C14H19N3O2S.ClH/c15-13(18)9-20-12-4-2-1-3-11(12)17-14(19)10-5-7-16-8-6-10;/h1-4,10,16H,5-9H2,(H2,15,18)(H,17,19);1H. The van der Waals surface area contributed by atoms with Crippen molar-refractivity contribution >= 4 is 41.7 Å². The summed E-state index contributed by atoms with van der Waals surface area (Å²) >= 11 is 1.34. The van der Waals surface area contributed by atoms with Gasteiger partial charge in [0.15, 0.2) is 0 Å². The molecule has 0 bridgehead atoms. The third kappa shape index (κ3) is 5.57. The Kier molecular flexibility index (Phi) is 7.56. The molecule has 7 heteroatoms. The van der Waals surface area contributed by atoms with Crippen LogP contribution < -0.4 is 16.4 Å². The van der Waals surface area contributed by atoms with Crippen molar-refractivity contribution in [2.75, 3.05) is 24.2 Å². The summed E-state index contributed by atoms with van der Waals surface area (Å²) in [6, 6.07) is 7.48. The number of thioether (sulfide) groups is 1. The zero-order chi connectivity index (χ0) is 14.4. The molecule has 2 rings (SSSR count). The van der Waals surface area contributed by atoms with Crippen LogP contribution in [-0.2, 0) is 9.59 Å². The molecule has 1 aromatic rings. The molecule has 0 spiro atoms. The lowest BCUT2D eigenvalue weighted by atomic mass is 9.97. The van der Waals surface area contributed by atoms with Crippen molar-refractivity contribution in [2.45, 2.75) is 17.7 Å². The van der Waals surface area contributed by atoms with Gasteiger partial charge in [-0.25, -0.2) is 0 Å². The number of carbonyl (C=O) groups excluding carboxylic acids is 2. The molecule has 1 fully saturated rings. The van der Waals surface area contributed by atoms with Crippen molar-refractivity contribution in [1.82, 2.24) is 5.32 Å². The summed E-state index contributed by atoms with van der Waals surface area (Å²) in [5.74, 6) is -0.0428. The second-order valence-corrected chi connectivity index (χ2v) is 5.78. The lowest BCUT2D eigenvalue weighted by Crippen LogP contribution is -2.34. The van der Waals surface area contributed by atoms with Crippen molar-refractivity contribution in [1.29, 1.82) is 0 Å². The second-order valence-electron chi connectivity index (χ2n) is 4.76. The molecular weight excluding hydrogens is 310 g/mol. The average Bonchev–Trinajstić information content (AvgIpc) is 2.47. The van der Waals surface area contributed by atoms with E-state index in [-0.39, 0.29) is 35.9 Å². The van der Waals surface area contributed by atoms with E-state index < -0.39 is 0 Å². The molecule has 1 aliphatic heterocycles. The molecule has 1 aromatic carbocycles. The summed E-state index contributed by atoms with van der Waals surface area (Å²) in [4.78, 5) is 23.9. The summed E-state index contributed by atoms with van der Waals surface area (Å²) in [5.41, 5.74) is 5.91. The van der Waals surface area contributed by atoms with E-state index in [2.05, 4.69) is 10.6 Å². The Bertz CT molecular complexity index is 493. The molecular formula is C14H20ClN3O2S. The zero-order valence-electron chi connectivity index (χ0n) is 11.6. The minimum absolute atomic E-state index is 0. The van der Waals surface area contributed by atoms with Crippen LogP contribution in [0.1, 0.15) is 12.8 Å². The third-order valence-electron chi connectivity index (χ3n) is 3.22. The summed E-state index contributed by atoms with van der Waals surface area (Å²) in [7, 11) is 0. The summed E-state index contributed by atoms with van der Waals surface area (Å²) < 4.78 is 0. The van der Waals surface area contributed by atoms with Gasteiger partial charge < -0.3 is 16.4 Å². The molecule has 0 saturated carbocycles. The minimum Gasteiger partial charge on any atom is -0.369 e. The fourth-order valence-electron chi connectivity index (χ4n) is 2.16. The molecule has 0 unspecified atom stereocenters. The normalized spacial score (nSPS) is 15.0. The number of benzene rings is 1. The number of hydrogen-bond donors (Lipinski definition) is 3. The third-order valence-corrected chi connectivity index (χ3v) is 4.32. The Hall–Kier alpha value is -1.24. The number of halogens is 1. The molecule has 116 valence electrons. The molecule has 1 heterocycles. The van der Waals surface area contributed by atoms with Gasteiger partial charge in [-0.15, -0.1) is 24.2 Å². The van der Waals surface area contributed by atoms with Crippen molar-refractivity contribution < 1.29 is 9.59 Å². The monoisotopic (exact) mass is 329 g/mol. The quantitative estimate of drug-likeness (QED) is 0.717. The van der Waals surface area contributed by atoms with Crippen LogP contribution in [0, 0.1) is 5.92 Å². The van der Waals surface area contributed by atoms with Gasteiger partial charge in [0.1, 0.15) is 0 Å². The van der Waals surface area contributed by atoms with Crippen molar-refractivity contribution in [3.05, 3.63) is 24.3 Å². The predicted octanol–water partition coefficient (Wildman–Crippen LogP) is 1.62. The van der Waals surface area contributed by atoms with Gasteiger partial charge in [0.25, 0.3) is 0 Å². The number of carbonyl (C=O) groups is 2. The number of amides is 2. The van der Waals surface area contributed by atoms with E-state index in [0.717, 1.165) is 36.5 Å². The van der Waals surface area contributed by atoms with E-state index >= 15 is 0 Å². The van der Waals surface area contributed by atoms with Crippen LogP contribution in [0.15, 0.2) is 29.2 Å². The maximum Gasteiger partial charge on any atom is 0.227 e. The second kappa shape index (κ2) is 8.92. The molecule has 0 aliphatic carbocycles. The van der Waals surface area contributed by atoms with Crippen LogP contribution in [-0.4, -0.2) is 30.7 Å². The molecule has 0 aromatic heterocycles. The Morgan fingerprint density at radius 3 is 2.62 bits per heavy atom. The zero-order valence-corrected chi connectivity index (χ0v) is 13.3. The molecule has 2 amide bonds. The molecule has 5 nitrogen and oxygen atoms in total. The maximum absolute atomic E-state index is 12.2. The first-order valence-electron chi connectivity index (χ1n) is 6.68. The van der Waals surface area contributed by atoms with Crippen LogP contribution >= 0.6 is 24.2 Å². The molecule has 4 N–H and O–H groups in total. The SMILES string of the molecule is Cl.NC(=O)CSc1ccccc1NC(=O)C1CCNCC1. The van der Waals surface area contributed by atoms with Gasteiger partial charge in [0.2, 0.25) is 11.8 Å². The largest absolute Gasteiger partial charge is 0.369 e. The number of hydrogen-bond acceptors (Lipinski definition) is 4. The Morgan fingerprint density at radius 2 is 1.95 bits per heavy atom. The molecule has 21 heavy (non-hydrogen) atoms. The van der Waals surface area contributed by atoms with Crippen LogP contribution in [0.3, 0.4) is 0 Å². The topological polar surface area (TPSA) is 84.2 Å². The summed E-state index contributed by atoms with van der Waals surface area (Å²) in [5, 5.41) is 6.21. The van der Waals surface area contributed by atoms with E-state index in [1.54, 1.807) is 0 Å². The van der Waals surface area contributed by atoms with Crippen LogP contribution in [0.4, 0.5) is 5.69 Å². The van der Waals surface area contributed by atoms with Gasteiger partial charge in [0, 0.05) is 10.8 Å². The van der Waals surface area contributed by atoms with Crippen molar-refractivity contribution in [3.63, 3.8) is 0 Å². The lowest BCUT2D eigenvalue weighted by molar-refractivity contribution is -0.120. The van der Waals surface area contributed by atoms with E-state index in [9.17, 15) is 9.59 Å². The molecule has 0 atom stereocenters. The Labute approximate surface area is 134 Å². The predicted molar refractivity (Wildman–Crippen MR) is 87.8 cm³/mol. The lowest BCUT2D eigenvalue weighted by Gasteiger charge is -2.22. The first-order chi connectivity index (χ1) is 9.66. The highest BCUT2D eigenvalue weighted by Crippen LogP contribution is 2.27. The minimum atomic E-state index is -0.366. The highest BCUT2D eigenvalue weighted by atomic mass is 35.5. The number of para-hydroxylation sites is 1. The average molecular weight is 330 g/mol. The van der Waals surface area contributed by atoms with Crippen molar-refractivity contribution in [2.24, 2.45) is 11.7 Å². The number of nitrogens with two attached hydrogens (primary N) is 1. The molecule has 1 aliphatic rings. The van der Waals surface area contributed by atoms with Gasteiger partial charge in [-0.1, -0.05) is 12.1 Å². The van der Waals surface area contributed by atoms with Crippen LogP contribution in [0.25, 0.3) is 0 Å². The number of rotatable bonds is 5. The number of anilines is 1. The van der Waals surface area contributed by atoms with Crippen LogP contribution in [0.2, 0.25) is 0 Å². The Morgan fingerprint density at radius 1 is 1.29 bits per heavy atom. The summed E-state index contributed by atoms with van der Waals surface area (Å²) in [6.07, 6.45) is 1.73. The number of piperidine rings is 1. The highest BCUT2D eigenvalue weighted by Gasteiger charge is 2.21. The van der Waals surface area contributed by atoms with Crippen molar-refractivity contribution in [3.8, 4) is 0 Å². The van der Waals surface area contributed by atoms with E-state index in [4.69, 9.17) is 5.73 Å². The number of primary amides is 1. The van der Waals surface area contributed by atoms with Gasteiger partial charge in [-0.3, -0.25) is 9.59 Å². The molecule has 0 radical (unpaired) electrons. The first-order valence-corrected chi connectivity index (χ1v) is 7.67. The fraction of sp³-hybridized carbons (Fsp3) is 0.429. The van der Waals surface area contributed by atoms with E-state index in [1.165, 1.54) is 11.8 Å². The maximum atomic E-state index is 12.2. The number of nitrogens with one attached hydrogen (secondary N) is 2. The van der Waals surface area contributed by atoms with E-state index in [1.807, 2.05) is 24.3 Å². The van der Waals surface area contributed by atoms with Gasteiger partial charge in [-0.05, 0) is 38.1 Å². The van der Waals surface area contributed by atoms with Gasteiger partial charge >= 0.3 is 0 Å². The molecule has 1 saturated heterocycles. The Balaban J connectivity index is 0.00000220. The van der Waals surface area contributed by atoms with E-state index in [0.29, 0.717) is 0 Å². The smallest absolute Gasteiger partial charge is 0.227 e. The summed E-state index contributed by atoms with van der Waals surface area (Å²) in [6.45, 7) is 1.77. The van der Waals surface area contributed by atoms with Gasteiger partial charge in [-0.2, -0.15) is 0 Å². The highest BCUT2D eigenvalue weighted by molar-refractivity contribution is 8.00. The fourth-order valence-corrected chi connectivity index (χ4v) is 2.91. The van der Waals surface area contributed by atoms with Gasteiger partial charge in [0.05, 0.1) is 11.4 Å². The van der Waals surface area contributed by atoms with Crippen LogP contribution in [0.5, 0.6) is 0 Å².